The Hall–Kier alpha value is -2.76. The van der Waals surface area contributed by atoms with Crippen LogP contribution in [-0.4, -0.2) is 23.3 Å². The number of allylic oxidation sites excluding steroid dienone is 6. The Kier molecular flexibility index (Phi) is 11.3. The molecular weight excluding hydrogens is 642 g/mol. The Balaban J connectivity index is 1.60. The predicted octanol–water partition coefficient (Wildman–Crippen LogP) is 7.49. The van der Waals surface area contributed by atoms with Gasteiger partial charge in [-0.25, -0.2) is 4.57 Å². The lowest BCUT2D eigenvalue weighted by Gasteiger charge is -2.27. The molecule has 2 aromatic rings. The molecule has 236 valence electrons. The van der Waals surface area contributed by atoms with Gasteiger partial charge in [-0.3, -0.25) is 9.83 Å². The average molecular weight is 685 g/mol. The standard InChI is InChI=1S/C34H42BrN3O5S/c1-7-17-37-22-24(35)20-27-32(37)36-28(33(27,3)4)14-10-8-11-15-29-34(5,6)26-21-25(44-43-42-41)19-23(2)31(26)38(29)18-13-9-12-16-30(39)40/h8,10-11,14-15,19-22H,7,9,12-13,16-18H2,1-6H3,(H-,39,40,41). The molecule has 4 rings (SSSR count). The van der Waals surface area contributed by atoms with Crippen molar-refractivity contribution in [1.82, 2.24) is 0 Å². The first-order chi connectivity index (χ1) is 20.9. The summed E-state index contributed by atoms with van der Waals surface area (Å²) in [6.07, 6.45) is 16.1. The molecule has 0 saturated carbocycles. The van der Waals surface area contributed by atoms with Crippen molar-refractivity contribution >= 4 is 51.2 Å². The molecule has 1 aromatic heterocycles. The van der Waals surface area contributed by atoms with Gasteiger partial charge in [-0.1, -0.05) is 45.4 Å². The van der Waals surface area contributed by atoms with Crippen LogP contribution in [-0.2, 0) is 31.5 Å². The minimum atomic E-state index is -0.759. The summed E-state index contributed by atoms with van der Waals surface area (Å²) in [4.78, 5) is 19.2. The van der Waals surface area contributed by atoms with Gasteiger partial charge in [-0.05, 0) is 102 Å². The maximum absolute atomic E-state index is 11.0. The summed E-state index contributed by atoms with van der Waals surface area (Å²) in [6.45, 7) is 14.7. The monoisotopic (exact) mass is 683 g/mol. The summed E-state index contributed by atoms with van der Waals surface area (Å²) in [5.74, 6) is 0.265. The number of fused-ring (bicyclic) bond motifs is 2. The van der Waals surface area contributed by atoms with Crippen LogP contribution in [0.2, 0.25) is 0 Å². The SMILES string of the molecule is CCC[n+]1cc(Br)cc2c1N=C(/C=C/C=C/C=C1/N(CCCCCC(=O)O)c3c(C)cc(SOO[O-])cc3C1(C)C)C2(C)C. The quantitative estimate of drug-likeness (QED) is 0.0550. The summed E-state index contributed by atoms with van der Waals surface area (Å²) < 4.78 is 7.90. The van der Waals surface area contributed by atoms with Crippen LogP contribution >= 0.6 is 28.0 Å². The molecule has 1 N–H and O–H groups in total. The third kappa shape index (κ3) is 7.37. The van der Waals surface area contributed by atoms with Crippen molar-refractivity contribution in [3.05, 3.63) is 81.6 Å². The molecular formula is C34H42BrN3O5S. The van der Waals surface area contributed by atoms with Gasteiger partial charge in [0.05, 0.1) is 34.0 Å². The van der Waals surface area contributed by atoms with Crippen LogP contribution in [0, 0.1) is 6.92 Å². The van der Waals surface area contributed by atoms with Gasteiger partial charge in [0.2, 0.25) is 0 Å². The fourth-order valence-corrected chi connectivity index (χ4v) is 7.10. The zero-order valence-electron chi connectivity index (χ0n) is 26.4. The van der Waals surface area contributed by atoms with Gasteiger partial charge >= 0.3 is 11.8 Å². The highest BCUT2D eigenvalue weighted by molar-refractivity contribution is 9.10. The van der Waals surface area contributed by atoms with Crippen molar-refractivity contribution in [2.24, 2.45) is 4.99 Å². The van der Waals surface area contributed by atoms with E-state index in [1.54, 1.807) is 0 Å². The number of nitrogens with zero attached hydrogens (tertiary/aromatic N) is 3. The fraction of sp³-hybridized carbons (Fsp3) is 0.441. The number of unbranched alkanes of at least 4 members (excludes halogenated alkanes) is 2. The molecule has 2 aliphatic rings. The Morgan fingerprint density at radius 1 is 1.11 bits per heavy atom. The van der Waals surface area contributed by atoms with E-state index in [0.717, 1.165) is 87.8 Å². The summed E-state index contributed by atoms with van der Waals surface area (Å²) in [6, 6.07) is 6.21. The molecule has 1 aromatic carbocycles. The van der Waals surface area contributed by atoms with Crippen LogP contribution in [0.1, 0.15) is 83.4 Å². The number of aliphatic imine (C=N–C) groups is 1. The second-order valence-corrected chi connectivity index (χ2v) is 14.0. The Morgan fingerprint density at radius 3 is 2.59 bits per heavy atom. The Labute approximate surface area is 273 Å². The summed E-state index contributed by atoms with van der Waals surface area (Å²) >= 11 is 4.58. The van der Waals surface area contributed by atoms with Crippen molar-refractivity contribution in [2.75, 3.05) is 11.4 Å². The zero-order chi connectivity index (χ0) is 32.1. The normalized spacial score (nSPS) is 17.6. The third-order valence-corrected chi connectivity index (χ3v) is 9.37. The van der Waals surface area contributed by atoms with Gasteiger partial charge in [0.25, 0.3) is 0 Å². The second kappa shape index (κ2) is 14.6. The van der Waals surface area contributed by atoms with E-state index < -0.39 is 5.97 Å². The minimum absolute atomic E-state index is 0.185. The molecule has 0 unspecified atom stereocenters. The van der Waals surface area contributed by atoms with E-state index in [1.807, 2.05) is 18.2 Å². The van der Waals surface area contributed by atoms with E-state index in [2.05, 4.69) is 113 Å². The Bertz CT molecular complexity index is 1510. The number of aryl methyl sites for hydroxylation is 2. The first kappa shape index (κ1) is 34.1. The number of anilines is 1. The van der Waals surface area contributed by atoms with Crippen molar-refractivity contribution in [3.63, 3.8) is 0 Å². The number of aromatic nitrogens is 1. The van der Waals surface area contributed by atoms with Crippen molar-refractivity contribution < 1.29 is 29.1 Å². The summed E-state index contributed by atoms with van der Waals surface area (Å²) in [5.41, 5.74) is 6.21. The molecule has 0 radical (unpaired) electrons. The van der Waals surface area contributed by atoms with Crippen LogP contribution in [0.4, 0.5) is 11.5 Å². The van der Waals surface area contributed by atoms with Gasteiger partial charge in [0.15, 0.2) is 5.71 Å². The van der Waals surface area contributed by atoms with Crippen molar-refractivity contribution in [3.8, 4) is 0 Å². The molecule has 0 spiro atoms. The molecule has 2 aliphatic heterocycles. The van der Waals surface area contributed by atoms with Crippen LogP contribution in [0.5, 0.6) is 0 Å². The minimum Gasteiger partial charge on any atom is -0.691 e. The largest absolute Gasteiger partial charge is 0.691 e. The number of rotatable bonds is 14. The van der Waals surface area contributed by atoms with E-state index in [4.69, 9.17) is 10.1 Å². The number of halogens is 1. The summed E-state index contributed by atoms with van der Waals surface area (Å²) in [5, 5.41) is 23.1. The average Bonchev–Trinajstić information content (AvgIpc) is 3.33. The van der Waals surface area contributed by atoms with Crippen molar-refractivity contribution in [2.45, 2.75) is 95.9 Å². The molecule has 0 fully saturated rings. The van der Waals surface area contributed by atoms with Gasteiger partial charge in [-0.15, -0.1) is 0 Å². The van der Waals surface area contributed by atoms with E-state index in [1.165, 1.54) is 5.56 Å². The van der Waals surface area contributed by atoms with Crippen LogP contribution in [0.15, 0.2) is 74.8 Å². The number of hydrogen-bond donors (Lipinski definition) is 1. The van der Waals surface area contributed by atoms with Crippen LogP contribution in [0.25, 0.3) is 0 Å². The molecule has 0 amide bonds. The first-order valence-electron chi connectivity index (χ1n) is 15.1. The number of benzene rings is 1. The molecule has 0 saturated heterocycles. The molecule has 44 heavy (non-hydrogen) atoms. The van der Waals surface area contributed by atoms with Crippen LogP contribution < -0.4 is 14.7 Å². The van der Waals surface area contributed by atoms with E-state index in [-0.39, 0.29) is 17.3 Å². The van der Waals surface area contributed by atoms with E-state index >= 15 is 0 Å². The lowest BCUT2D eigenvalue weighted by Crippen LogP contribution is -2.35. The topological polar surface area (TPSA) is 98.3 Å². The van der Waals surface area contributed by atoms with E-state index in [9.17, 15) is 10.1 Å². The highest BCUT2D eigenvalue weighted by atomic mass is 79.9. The highest BCUT2D eigenvalue weighted by Gasteiger charge is 2.43. The number of carbonyl (C=O) groups is 1. The van der Waals surface area contributed by atoms with Gasteiger partial charge in [0, 0.05) is 34.7 Å². The van der Waals surface area contributed by atoms with Gasteiger partial charge in [0.1, 0.15) is 6.20 Å². The predicted molar refractivity (Wildman–Crippen MR) is 177 cm³/mol. The smallest absolute Gasteiger partial charge is 0.327 e. The van der Waals surface area contributed by atoms with Gasteiger partial charge in [-0.2, -0.15) is 4.33 Å². The second-order valence-electron chi connectivity index (χ2n) is 12.3. The Morgan fingerprint density at radius 2 is 1.89 bits per heavy atom. The van der Waals surface area contributed by atoms with Crippen molar-refractivity contribution in [1.29, 1.82) is 0 Å². The molecule has 10 heteroatoms. The van der Waals surface area contributed by atoms with E-state index in [0.29, 0.717) is 6.42 Å². The first-order valence-corrected chi connectivity index (χ1v) is 16.6. The number of hydrogen-bond acceptors (Lipinski definition) is 7. The number of carboxylic acids is 1. The lowest BCUT2D eigenvalue weighted by molar-refractivity contribution is -0.777. The highest BCUT2D eigenvalue weighted by Crippen LogP contribution is 2.50. The molecule has 8 nitrogen and oxygen atoms in total. The number of pyridine rings is 1. The fourth-order valence-electron chi connectivity index (χ4n) is 6.13. The van der Waals surface area contributed by atoms with Crippen LogP contribution in [0.3, 0.4) is 0 Å². The summed E-state index contributed by atoms with van der Waals surface area (Å²) in [7, 11) is 0. The number of aliphatic carboxylic acids is 1. The number of carboxylic acid groups (broad SMARTS) is 1. The lowest BCUT2D eigenvalue weighted by atomic mass is 9.82. The molecule has 0 bridgehead atoms. The molecule has 3 heterocycles. The molecule has 0 atom stereocenters. The maximum Gasteiger partial charge on any atom is 0.327 e. The van der Waals surface area contributed by atoms with Gasteiger partial charge < -0.3 is 15.3 Å². The molecule has 0 aliphatic carbocycles. The zero-order valence-corrected chi connectivity index (χ0v) is 28.8. The third-order valence-electron chi connectivity index (χ3n) is 8.39. The maximum atomic E-state index is 11.0.